The number of aryl methyl sites for hydroxylation is 1. The Balaban J connectivity index is 1.60. The molecule has 0 radical (unpaired) electrons. The molecule has 0 aromatic heterocycles. The Kier molecular flexibility index (Phi) is 8.24. The van der Waals surface area contributed by atoms with Gasteiger partial charge in [-0.3, -0.25) is 15.6 Å². The van der Waals surface area contributed by atoms with Gasteiger partial charge in [-0.15, -0.1) is 11.8 Å². The molecule has 3 N–H and O–H groups in total. The van der Waals surface area contributed by atoms with Crippen LogP contribution in [0.15, 0.2) is 48.5 Å². The predicted octanol–water partition coefficient (Wildman–Crippen LogP) is 2.93. The van der Waals surface area contributed by atoms with E-state index in [1.165, 1.54) is 11.1 Å². The van der Waals surface area contributed by atoms with Crippen LogP contribution in [0.4, 0.5) is 0 Å². The van der Waals surface area contributed by atoms with Crippen LogP contribution in [0.25, 0.3) is 0 Å². The van der Waals surface area contributed by atoms with E-state index in [2.05, 4.69) is 47.4 Å². The van der Waals surface area contributed by atoms with Crippen LogP contribution in [-0.2, 0) is 17.1 Å². The van der Waals surface area contributed by atoms with E-state index in [0.29, 0.717) is 17.4 Å². The quantitative estimate of drug-likeness (QED) is 0.500. The van der Waals surface area contributed by atoms with E-state index < -0.39 is 0 Å². The minimum Gasteiger partial charge on any atom is -0.497 e. The van der Waals surface area contributed by atoms with Crippen LogP contribution in [0.3, 0.4) is 0 Å². The zero-order valence-corrected chi connectivity index (χ0v) is 16.5. The molecule has 0 unspecified atom stereocenters. The maximum absolute atomic E-state index is 11.8. The first-order valence-corrected chi connectivity index (χ1v) is 9.72. The number of hydrazine groups is 1. The second kappa shape index (κ2) is 10.7. The van der Waals surface area contributed by atoms with Gasteiger partial charge in [0.25, 0.3) is 0 Å². The molecule has 2 aromatic carbocycles. The normalized spacial score (nSPS) is 10.1. The lowest BCUT2D eigenvalue weighted by Gasteiger charge is -2.12. The molecule has 0 spiro atoms. The molecule has 2 rings (SSSR count). The number of carbonyl (C=O) groups is 1. The van der Waals surface area contributed by atoms with E-state index in [-0.39, 0.29) is 5.91 Å². The minimum absolute atomic E-state index is 0.115. The van der Waals surface area contributed by atoms with Gasteiger partial charge in [0.15, 0.2) is 5.11 Å². The van der Waals surface area contributed by atoms with Crippen molar-refractivity contribution < 1.29 is 9.53 Å². The molecule has 2 aromatic rings. The Morgan fingerprint density at radius 2 is 1.69 bits per heavy atom. The predicted molar refractivity (Wildman–Crippen MR) is 111 cm³/mol. The first-order valence-electron chi connectivity index (χ1n) is 8.15. The van der Waals surface area contributed by atoms with Crippen molar-refractivity contribution in [3.63, 3.8) is 0 Å². The highest BCUT2D eigenvalue weighted by Crippen LogP contribution is 2.12. The summed E-state index contributed by atoms with van der Waals surface area (Å²) in [6.45, 7) is 2.62. The molecule has 0 aliphatic rings. The third-order valence-electron chi connectivity index (χ3n) is 3.55. The van der Waals surface area contributed by atoms with E-state index in [1.54, 1.807) is 18.9 Å². The second-order valence-electron chi connectivity index (χ2n) is 5.68. The molecule has 7 heteroatoms. The van der Waals surface area contributed by atoms with Gasteiger partial charge >= 0.3 is 0 Å². The van der Waals surface area contributed by atoms with E-state index in [4.69, 9.17) is 17.0 Å². The average molecular weight is 390 g/mol. The van der Waals surface area contributed by atoms with Gasteiger partial charge in [0.05, 0.1) is 12.9 Å². The number of hydrogen-bond acceptors (Lipinski definition) is 4. The summed E-state index contributed by atoms with van der Waals surface area (Å²) in [7, 11) is 1.63. The van der Waals surface area contributed by atoms with Crippen molar-refractivity contribution in [2.75, 3.05) is 12.9 Å². The van der Waals surface area contributed by atoms with Crippen molar-refractivity contribution >= 4 is 35.0 Å². The molecule has 0 heterocycles. The topological polar surface area (TPSA) is 62.4 Å². The van der Waals surface area contributed by atoms with Crippen molar-refractivity contribution in [1.82, 2.24) is 16.2 Å². The van der Waals surface area contributed by atoms with Gasteiger partial charge in [0, 0.05) is 12.3 Å². The van der Waals surface area contributed by atoms with E-state index >= 15 is 0 Å². The monoisotopic (exact) mass is 389 g/mol. The number of thioether (sulfide) groups is 1. The Labute approximate surface area is 163 Å². The summed E-state index contributed by atoms with van der Waals surface area (Å²) in [5.74, 6) is 1.86. The Hall–Kier alpha value is -2.25. The fourth-order valence-corrected chi connectivity index (χ4v) is 2.99. The molecule has 0 bridgehead atoms. The molecule has 5 nitrogen and oxygen atoms in total. The van der Waals surface area contributed by atoms with Gasteiger partial charge in [-0.1, -0.05) is 42.0 Å². The number of thiocarbonyl (C=S) groups is 1. The van der Waals surface area contributed by atoms with Crippen LogP contribution in [0.5, 0.6) is 5.75 Å². The summed E-state index contributed by atoms with van der Waals surface area (Å²) in [6, 6.07) is 16.0. The molecule has 138 valence electrons. The molecule has 0 saturated carbocycles. The summed E-state index contributed by atoms with van der Waals surface area (Å²) >= 11 is 6.71. The molecule has 0 aliphatic carbocycles. The maximum atomic E-state index is 11.8. The molecular weight excluding hydrogens is 366 g/mol. The summed E-state index contributed by atoms with van der Waals surface area (Å²) in [5, 5.41) is 3.41. The highest BCUT2D eigenvalue weighted by Gasteiger charge is 2.03. The number of benzene rings is 2. The van der Waals surface area contributed by atoms with Crippen molar-refractivity contribution in [2.24, 2.45) is 0 Å². The molecule has 0 aliphatic heterocycles. The van der Waals surface area contributed by atoms with Crippen LogP contribution in [0.2, 0.25) is 0 Å². The molecule has 26 heavy (non-hydrogen) atoms. The van der Waals surface area contributed by atoms with E-state index in [0.717, 1.165) is 17.1 Å². The Bertz CT molecular complexity index is 719. The third kappa shape index (κ3) is 7.33. The molecular formula is C19H23N3O2S2. The van der Waals surface area contributed by atoms with Crippen molar-refractivity contribution in [2.45, 2.75) is 19.2 Å². The molecule has 0 saturated heterocycles. The molecule has 0 atom stereocenters. The standard InChI is InChI=1S/C19H23N3O2S2/c1-14-3-5-16(6-4-14)12-26-13-18(23)21-22-19(25)20-11-15-7-9-17(24-2)10-8-15/h3-10H,11-13H2,1-2H3,(H,21,23)(H2,20,22,25). The van der Waals surface area contributed by atoms with Crippen molar-refractivity contribution in [3.8, 4) is 5.75 Å². The third-order valence-corrected chi connectivity index (χ3v) is 4.80. The van der Waals surface area contributed by atoms with Gasteiger partial charge in [0.1, 0.15) is 5.75 Å². The summed E-state index contributed by atoms with van der Waals surface area (Å²) in [4.78, 5) is 11.8. The van der Waals surface area contributed by atoms with Crippen molar-refractivity contribution in [3.05, 3.63) is 65.2 Å². The van der Waals surface area contributed by atoms with Gasteiger partial charge in [-0.25, -0.2) is 0 Å². The van der Waals surface area contributed by atoms with Crippen molar-refractivity contribution in [1.29, 1.82) is 0 Å². The lowest BCUT2D eigenvalue weighted by atomic mass is 10.2. The SMILES string of the molecule is COc1ccc(CNC(=S)NNC(=O)CSCc2ccc(C)cc2)cc1. The zero-order chi connectivity index (χ0) is 18.8. The highest BCUT2D eigenvalue weighted by atomic mass is 32.2. The summed E-state index contributed by atoms with van der Waals surface area (Å²) < 4.78 is 5.12. The number of rotatable bonds is 7. The fraction of sp³-hybridized carbons (Fsp3) is 0.263. The van der Waals surface area contributed by atoms with Crippen LogP contribution in [0.1, 0.15) is 16.7 Å². The van der Waals surface area contributed by atoms with Gasteiger partial charge < -0.3 is 10.1 Å². The van der Waals surface area contributed by atoms with Gasteiger partial charge in [-0.05, 0) is 42.4 Å². The highest BCUT2D eigenvalue weighted by molar-refractivity contribution is 7.99. The number of methoxy groups -OCH3 is 1. The number of amides is 1. The number of ether oxygens (including phenoxy) is 1. The van der Waals surface area contributed by atoms with E-state index in [9.17, 15) is 4.79 Å². The van der Waals surface area contributed by atoms with E-state index in [1.807, 2.05) is 24.3 Å². The number of hydrogen-bond donors (Lipinski definition) is 3. The zero-order valence-electron chi connectivity index (χ0n) is 14.9. The number of carbonyl (C=O) groups excluding carboxylic acids is 1. The molecule has 1 amide bonds. The molecule has 0 fully saturated rings. The lowest BCUT2D eigenvalue weighted by Crippen LogP contribution is -2.47. The van der Waals surface area contributed by atoms with Gasteiger partial charge in [0.2, 0.25) is 5.91 Å². The van der Waals surface area contributed by atoms with Crippen LogP contribution in [-0.4, -0.2) is 23.9 Å². The smallest absolute Gasteiger partial charge is 0.248 e. The summed E-state index contributed by atoms with van der Waals surface area (Å²) in [5.41, 5.74) is 8.82. The van der Waals surface area contributed by atoms with Gasteiger partial charge in [-0.2, -0.15) is 0 Å². The average Bonchev–Trinajstić information content (AvgIpc) is 2.66. The Morgan fingerprint density at radius 1 is 1.04 bits per heavy atom. The second-order valence-corrected chi connectivity index (χ2v) is 7.08. The lowest BCUT2D eigenvalue weighted by molar-refractivity contribution is -0.119. The summed E-state index contributed by atoms with van der Waals surface area (Å²) in [6.07, 6.45) is 0. The first kappa shape index (κ1) is 20.1. The largest absolute Gasteiger partial charge is 0.497 e. The Morgan fingerprint density at radius 3 is 2.35 bits per heavy atom. The minimum atomic E-state index is -0.115. The van der Waals surface area contributed by atoms with Crippen LogP contribution >= 0.6 is 24.0 Å². The fourth-order valence-electron chi connectivity index (χ4n) is 2.08. The number of nitrogens with one attached hydrogen (secondary N) is 3. The van der Waals surface area contributed by atoms with Crippen LogP contribution in [0, 0.1) is 6.92 Å². The maximum Gasteiger partial charge on any atom is 0.248 e. The first-order chi connectivity index (χ1) is 12.6. The van der Waals surface area contributed by atoms with Crippen LogP contribution < -0.4 is 20.9 Å².